The maximum Gasteiger partial charge on any atom is 0.230 e. The number of hydrogen-bond acceptors (Lipinski definition) is 6. The van der Waals surface area contributed by atoms with E-state index in [2.05, 4.69) is 27.2 Å². The van der Waals surface area contributed by atoms with E-state index in [0.29, 0.717) is 16.9 Å². The number of nitrogens with zero attached hydrogens (tertiary/aromatic N) is 4. The first-order valence-corrected chi connectivity index (χ1v) is 8.99. The van der Waals surface area contributed by atoms with Crippen LogP contribution in [0.5, 0.6) is 0 Å². The SMILES string of the molecule is CCCN(C)c1cc(Cl)nc(SCC(=O)NCc2cccnc2)n1. The number of carbonyl (C=O) groups is 1. The maximum atomic E-state index is 11.9. The van der Waals surface area contributed by atoms with Crippen LogP contribution >= 0.6 is 23.4 Å². The number of nitrogens with one attached hydrogen (secondary N) is 1. The Morgan fingerprint density at radius 1 is 1.42 bits per heavy atom. The third-order valence-electron chi connectivity index (χ3n) is 3.16. The van der Waals surface area contributed by atoms with Crippen molar-refractivity contribution in [3.05, 3.63) is 41.3 Å². The molecule has 0 aliphatic carbocycles. The molecule has 2 aromatic rings. The van der Waals surface area contributed by atoms with Gasteiger partial charge in [0.25, 0.3) is 0 Å². The lowest BCUT2D eigenvalue weighted by atomic mass is 10.3. The third kappa shape index (κ3) is 5.98. The summed E-state index contributed by atoms with van der Waals surface area (Å²) in [6.07, 6.45) is 4.44. The molecule has 0 fully saturated rings. The molecule has 0 aliphatic heterocycles. The van der Waals surface area contributed by atoms with Crippen molar-refractivity contribution in [3.63, 3.8) is 0 Å². The Balaban J connectivity index is 1.88. The minimum Gasteiger partial charge on any atom is -0.360 e. The highest BCUT2D eigenvalue weighted by molar-refractivity contribution is 7.99. The molecule has 1 N–H and O–H groups in total. The molecule has 128 valence electrons. The van der Waals surface area contributed by atoms with Crippen LogP contribution in [0.1, 0.15) is 18.9 Å². The van der Waals surface area contributed by atoms with Gasteiger partial charge in [0.1, 0.15) is 11.0 Å². The number of halogens is 1. The molecule has 0 atom stereocenters. The summed E-state index contributed by atoms with van der Waals surface area (Å²) in [4.78, 5) is 26.6. The van der Waals surface area contributed by atoms with Gasteiger partial charge in [-0.3, -0.25) is 9.78 Å². The van der Waals surface area contributed by atoms with E-state index in [0.717, 1.165) is 24.3 Å². The van der Waals surface area contributed by atoms with Gasteiger partial charge < -0.3 is 10.2 Å². The number of carbonyl (C=O) groups excluding carboxylic acids is 1. The van der Waals surface area contributed by atoms with E-state index < -0.39 is 0 Å². The fourth-order valence-corrected chi connectivity index (χ4v) is 2.89. The first-order chi connectivity index (χ1) is 11.6. The predicted octanol–water partition coefficient (Wildman–Crippen LogP) is 2.78. The summed E-state index contributed by atoms with van der Waals surface area (Å²) >= 11 is 7.32. The predicted molar refractivity (Wildman–Crippen MR) is 97.4 cm³/mol. The molecule has 1 amide bonds. The van der Waals surface area contributed by atoms with Crippen LogP contribution in [0.4, 0.5) is 5.82 Å². The van der Waals surface area contributed by atoms with E-state index in [4.69, 9.17) is 11.6 Å². The van der Waals surface area contributed by atoms with Gasteiger partial charge in [-0.1, -0.05) is 36.4 Å². The number of hydrogen-bond donors (Lipinski definition) is 1. The van der Waals surface area contributed by atoms with Crippen molar-refractivity contribution in [2.24, 2.45) is 0 Å². The minimum absolute atomic E-state index is 0.0871. The fourth-order valence-electron chi connectivity index (χ4n) is 1.98. The summed E-state index contributed by atoms with van der Waals surface area (Å²) in [5.74, 6) is 0.906. The molecule has 6 nitrogen and oxygen atoms in total. The number of pyridine rings is 1. The second kappa shape index (κ2) is 9.44. The Kier molecular flexibility index (Phi) is 7.27. The maximum absolute atomic E-state index is 11.9. The van der Waals surface area contributed by atoms with Crippen molar-refractivity contribution in [3.8, 4) is 0 Å². The second-order valence-corrected chi connectivity index (χ2v) is 6.51. The van der Waals surface area contributed by atoms with Gasteiger partial charge >= 0.3 is 0 Å². The lowest BCUT2D eigenvalue weighted by Crippen LogP contribution is -2.24. The zero-order valence-corrected chi connectivity index (χ0v) is 15.3. The van der Waals surface area contributed by atoms with E-state index in [9.17, 15) is 4.79 Å². The number of amides is 1. The van der Waals surface area contributed by atoms with E-state index in [-0.39, 0.29) is 11.7 Å². The number of aromatic nitrogens is 3. The van der Waals surface area contributed by atoms with Gasteiger partial charge in [0.05, 0.1) is 5.75 Å². The quantitative estimate of drug-likeness (QED) is 0.440. The molecule has 0 aliphatic rings. The Bertz CT molecular complexity index is 671. The Hall–Kier alpha value is -1.86. The average Bonchev–Trinajstić information content (AvgIpc) is 2.59. The van der Waals surface area contributed by atoms with E-state index in [1.807, 2.05) is 24.1 Å². The summed E-state index contributed by atoms with van der Waals surface area (Å²) < 4.78 is 0. The van der Waals surface area contributed by atoms with Gasteiger partial charge in [-0.2, -0.15) is 0 Å². The van der Waals surface area contributed by atoms with Crippen LogP contribution in [0.25, 0.3) is 0 Å². The number of rotatable bonds is 8. The molecule has 2 heterocycles. The molecule has 0 aromatic carbocycles. The lowest BCUT2D eigenvalue weighted by Gasteiger charge is -2.17. The van der Waals surface area contributed by atoms with Gasteiger partial charge in [0.2, 0.25) is 5.91 Å². The number of thioether (sulfide) groups is 1. The average molecular weight is 366 g/mol. The van der Waals surface area contributed by atoms with Gasteiger partial charge in [0.15, 0.2) is 5.16 Å². The van der Waals surface area contributed by atoms with Crippen molar-refractivity contribution in [1.29, 1.82) is 0 Å². The van der Waals surface area contributed by atoms with Crippen LogP contribution in [-0.2, 0) is 11.3 Å². The van der Waals surface area contributed by atoms with Crippen LogP contribution in [0.2, 0.25) is 5.15 Å². The molecule has 0 spiro atoms. The van der Waals surface area contributed by atoms with Gasteiger partial charge in [-0.05, 0) is 18.1 Å². The van der Waals surface area contributed by atoms with E-state index in [1.54, 1.807) is 18.5 Å². The summed E-state index contributed by atoms with van der Waals surface area (Å²) in [6.45, 7) is 3.43. The summed E-state index contributed by atoms with van der Waals surface area (Å²) in [6, 6.07) is 5.48. The highest BCUT2D eigenvalue weighted by atomic mass is 35.5. The molecular formula is C16H20ClN5OS. The standard InChI is InChI=1S/C16H20ClN5OS/c1-3-7-22(2)14-8-13(17)20-16(21-14)24-11-15(23)19-10-12-5-4-6-18-9-12/h4-6,8-9H,3,7,10-11H2,1-2H3,(H,19,23). The fraction of sp³-hybridized carbons (Fsp3) is 0.375. The molecule has 0 bridgehead atoms. The molecule has 0 saturated heterocycles. The van der Waals surface area contributed by atoms with Crippen LogP contribution in [0, 0.1) is 0 Å². The molecule has 2 aromatic heterocycles. The van der Waals surface area contributed by atoms with Crippen LogP contribution in [0.3, 0.4) is 0 Å². The van der Waals surface area contributed by atoms with Gasteiger partial charge in [-0.15, -0.1) is 0 Å². The number of anilines is 1. The summed E-state index contributed by atoms with van der Waals surface area (Å²) in [7, 11) is 1.96. The molecule has 0 unspecified atom stereocenters. The highest BCUT2D eigenvalue weighted by Gasteiger charge is 2.10. The smallest absolute Gasteiger partial charge is 0.230 e. The Labute approximate surface area is 151 Å². The van der Waals surface area contributed by atoms with Crippen LogP contribution in [0.15, 0.2) is 35.7 Å². The topological polar surface area (TPSA) is 71.0 Å². The zero-order chi connectivity index (χ0) is 17.4. The van der Waals surface area contributed by atoms with Crippen LogP contribution < -0.4 is 10.2 Å². The van der Waals surface area contributed by atoms with Crippen molar-refractivity contribution < 1.29 is 4.79 Å². The first kappa shape index (κ1) is 18.5. The molecule has 0 radical (unpaired) electrons. The second-order valence-electron chi connectivity index (χ2n) is 5.18. The molecular weight excluding hydrogens is 346 g/mol. The van der Waals surface area contributed by atoms with E-state index >= 15 is 0 Å². The van der Waals surface area contributed by atoms with Crippen molar-refractivity contribution in [1.82, 2.24) is 20.3 Å². The summed E-state index contributed by atoms with van der Waals surface area (Å²) in [5.41, 5.74) is 0.957. The zero-order valence-electron chi connectivity index (χ0n) is 13.7. The molecule has 24 heavy (non-hydrogen) atoms. The van der Waals surface area contributed by atoms with Crippen molar-refractivity contribution in [2.45, 2.75) is 25.0 Å². The molecule has 0 saturated carbocycles. The third-order valence-corrected chi connectivity index (χ3v) is 4.20. The first-order valence-electron chi connectivity index (χ1n) is 7.62. The van der Waals surface area contributed by atoms with Gasteiger partial charge in [-0.25, -0.2) is 9.97 Å². The molecule has 2 rings (SSSR count). The molecule has 8 heteroatoms. The van der Waals surface area contributed by atoms with Gasteiger partial charge in [0, 0.05) is 38.6 Å². The van der Waals surface area contributed by atoms with Crippen molar-refractivity contribution in [2.75, 3.05) is 24.2 Å². The minimum atomic E-state index is -0.0871. The highest BCUT2D eigenvalue weighted by Crippen LogP contribution is 2.21. The summed E-state index contributed by atoms with van der Waals surface area (Å²) in [5, 5.41) is 3.72. The van der Waals surface area contributed by atoms with Crippen molar-refractivity contribution >= 4 is 35.1 Å². The monoisotopic (exact) mass is 365 g/mol. The Morgan fingerprint density at radius 3 is 2.96 bits per heavy atom. The Morgan fingerprint density at radius 2 is 2.25 bits per heavy atom. The lowest BCUT2D eigenvalue weighted by molar-refractivity contribution is -0.118. The van der Waals surface area contributed by atoms with E-state index in [1.165, 1.54) is 11.8 Å². The van der Waals surface area contributed by atoms with Crippen LogP contribution in [-0.4, -0.2) is 40.2 Å². The normalized spacial score (nSPS) is 10.5. The largest absolute Gasteiger partial charge is 0.360 e.